The Bertz CT molecular complexity index is 47.0. The Hall–Kier alpha value is 0.270. The van der Waals surface area contributed by atoms with Gasteiger partial charge in [-0.1, -0.05) is 6.92 Å². The molecule has 0 amide bonds. The van der Waals surface area contributed by atoms with Crippen molar-refractivity contribution in [2.24, 2.45) is 17.4 Å². The lowest BCUT2D eigenvalue weighted by Gasteiger charge is -2.09. The molecule has 0 aliphatic heterocycles. The summed E-state index contributed by atoms with van der Waals surface area (Å²) in [4.78, 5) is 0. The number of hydrogen-bond donors (Lipinski definition) is 3. The third-order valence-corrected chi connectivity index (χ3v) is 1.46. The molecule has 4 N–H and O–H groups in total. The first-order valence-electron chi connectivity index (χ1n) is 2.32. The molecular formula is C4H12N2S. The molecule has 0 spiro atoms. The van der Waals surface area contributed by atoms with Crippen LogP contribution in [0.5, 0.6) is 0 Å². The number of hydrogen-bond acceptors (Lipinski definition) is 3. The predicted molar refractivity (Wildman–Crippen MR) is 35.2 cm³/mol. The number of thiol groups is 1. The van der Waals surface area contributed by atoms with Crippen LogP contribution >= 0.6 is 12.6 Å². The Morgan fingerprint density at radius 3 is 2.14 bits per heavy atom. The highest BCUT2D eigenvalue weighted by molar-refractivity contribution is 7.80. The maximum atomic E-state index is 5.33. The summed E-state index contributed by atoms with van der Waals surface area (Å²) < 4.78 is 0. The van der Waals surface area contributed by atoms with Crippen molar-refractivity contribution in [3.63, 3.8) is 0 Å². The summed E-state index contributed by atoms with van der Waals surface area (Å²) in [6.45, 7) is 2.59. The molecule has 0 aromatic carbocycles. The summed E-state index contributed by atoms with van der Waals surface area (Å²) in [6.07, 6.45) is 0. The summed E-state index contributed by atoms with van der Waals surface area (Å²) in [6, 6.07) is 0. The highest BCUT2D eigenvalue weighted by Crippen LogP contribution is 1.99. The minimum absolute atomic E-state index is 0.0648. The van der Waals surface area contributed by atoms with Gasteiger partial charge in [-0.3, -0.25) is 0 Å². The van der Waals surface area contributed by atoms with Crippen molar-refractivity contribution in [1.29, 1.82) is 0 Å². The first-order chi connectivity index (χ1) is 3.18. The minimum Gasteiger partial charge on any atom is -0.330 e. The van der Waals surface area contributed by atoms with Gasteiger partial charge in [0.25, 0.3) is 0 Å². The molecule has 3 heteroatoms. The van der Waals surface area contributed by atoms with E-state index in [1.54, 1.807) is 0 Å². The second-order valence-electron chi connectivity index (χ2n) is 1.70. The third-order valence-electron chi connectivity index (χ3n) is 0.955. The minimum atomic E-state index is -0.0648. The van der Waals surface area contributed by atoms with E-state index in [2.05, 4.69) is 12.6 Å². The zero-order valence-corrected chi connectivity index (χ0v) is 5.36. The predicted octanol–water partition coefficient (Wildman–Crippen LogP) is -0.204. The topological polar surface area (TPSA) is 52.0 Å². The van der Waals surface area contributed by atoms with Crippen LogP contribution in [0.15, 0.2) is 0 Å². The lowest BCUT2D eigenvalue weighted by atomic mass is 10.2. The zero-order chi connectivity index (χ0) is 5.86. The van der Waals surface area contributed by atoms with Gasteiger partial charge in [0, 0.05) is 0 Å². The van der Waals surface area contributed by atoms with E-state index in [9.17, 15) is 0 Å². The normalized spacial score (nSPS) is 18.9. The summed E-state index contributed by atoms with van der Waals surface area (Å²) in [5.41, 5.74) is 10.6. The SMILES string of the molecule is CC(CN)C(N)S. The molecular weight excluding hydrogens is 108 g/mol. The molecule has 0 saturated heterocycles. The Kier molecular flexibility index (Phi) is 3.42. The number of rotatable bonds is 2. The maximum absolute atomic E-state index is 5.33. The summed E-state index contributed by atoms with van der Waals surface area (Å²) >= 11 is 3.97. The lowest BCUT2D eigenvalue weighted by Crippen LogP contribution is -2.27. The Labute approximate surface area is 49.7 Å². The molecule has 0 radical (unpaired) electrons. The smallest absolute Gasteiger partial charge is 0.0515 e. The Balaban J connectivity index is 3.14. The monoisotopic (exact) mass is 120 g/mol. The molecule has 2 nitrogen and oxygen atoms in total. The molecule has 0 bridgehead atoms. The van der Waals surface area contributed by atoms with Gasteiger partial charge in [0.15, 0.2) is 0 Å². The van der Waals surface area contributed by atoms with E-state index in [1.807, 2.05) is 6.92 Å². The molecule has 0 heterocycles. The van der Waals surface area contributed by atoms with Crippen molar-refractivity contribution in [3.8, 4) is 0 Å². The summed E-state index contributed by atoms with van der Waals surface area (Å²) in [5.74, 6) is 0.323. The molecule has 2 atom stereocenters. The van der Waals surface area contributed by atoms with Crippen molar-refractivity contribution in [2.45, 2.75) is 12.3 Å². The van der Waals surface area contributed by atoms with E-state index in [1.165, 1.54) is 0 Å². The molecule has 2 unspecified atom stereocenters. The van der Waals surface area contributed by atoms with Crippen LogP contribution in [0.1, 0.15) is 6.92 Å². The first-order valence-corrected chi connectivity index (χ1v) is 2.84. The first kappa shape index (κ1) is 7.27. The molecule has 0 aliphatic rings. The van der Waals surface area contributed by atoms with Crippen molar-refractivity contribution in [1.82, 2.24) is 0 Å². The quantitative estimate of drug-likeness (QED) is 0.349. The van der Waals surface area contributed by atoms with Crippen LogP contribution in [0.3, 0.4) is 0 Å². The van der Waals surface area contributed by atoms with Gasteiger partial charge >= 0.3 is 0 Å². The highest BCUT2D eigenvalue weighted by Gasteiger charge is 2.02. The standard InChI is InChI=1S/C4H12N2S/c1-3(2-5)4(6)7/h3-4,7H,2,5-6H2,1H3. The molecule has 44 valence electrons. The highest BCUT2D eigenvalue weighted by atomic mass is 32.1. The fourth-order valence-corrected chi connectivity index (χ4v) is 0.261. The molecule has 0 fully saturated rings. The van der Waals surface area contributed by atoms with Crippen LogP contribution < -0.4 is 11.5 Å². The van der Waals surface area contributed by atoms with Gasteiger partial charge < -0.3 is 11.5 Å². The average Bonchev–Trinajstić information content (AvgIpc) is 1.65. The molecule has 0 rings (SSSR count). The zero-order valence-electron chi connectivity index (χ0n) is 4.46. The molecule has 0 saturated carbocycles. The summed E-state index contributed by atoms with van der Waals surface area (Å²) in [5, 5.41) is -0.0648. The van der Waals surface area contributed by atoms with Gasteiger partial charge in [-0.15, -0.1) is 0 Å². The van der Waals surface area contributed by atoms with E-state index in [0.29, 0.717) is 12.5 Å². The van der Waals surface area contributed by atoms with Crippen molar-refractivity contribution >= 4 is 12.6 Å². The van der Waals surface area contributed by atoms with Crippen LogP contribution in [0.4, 0.5) is 0 Å². The number of nitrogens with two attached hydrogens (primary N) is 2. The van der Waals surface area contributed by atoms with Gasteiger partial charge in [-0.25, -0.2) is 0 Å². The van der Waals surface area contributed by atoms with Crippen LogP contribution in [-0.4, -0.2) is 11.9 Å². The summed E-state index contributed by atoms with van der Waals surface area (Å²) in [7, 11) is 0. The second kappa shape index (κ2) is 3.29. The molecule has 0 aromatic heterocycles. The molecule has 0 aromatic rings. The van der Waals surface area contributed by atoms with Crippen LogP contribution in [0.2, 0.25) is 0 Å². The Morgan fingerprint density at radius 2 is 2.14 bits per heavy atom. The van der Waals surface area contributed by atoms with Gasteiger partial charge in [0.2, 0.25) is 0 Å². The third kappa shape index (κ3) is 2.91. The van der Waals surface area contributed by atoms with Gasteiger partial charge in [0.05, 0.1) is 5.37 Å². The lowest BCUT2D eigenvalue weighted by molar-refractivity contribution is 0.578. The average molecular weight is 120 g/mol. The van der Waals surface area contributed by atoms with E-state index in [0.717, 1.165) is 0 Å². The second-order valence-corrected chi connectivity index (χ2v) is 2.30. The Morgan fingerprint density at radius 1 is 1.71 bits per heavy atom. The molecule has 0 aliphatic carbocycles. The van der Waals surface area contributed by atoms with Crippen molar-refractivity contribution < 1.29 is 0 Å². The van der Waals surface area contributed by atoms with Crippen molar-refractivity contribution in [3.05, 3.63) is 0 Å². The van der Waals surface area contributed by atoms with Crippen LogP contribution in [-0.2, 0) is 0 Å². The van der Waals surface area contributed by atoms with E-state index >= 15 is 0 Å². The molecule has 7 heavy (non-hydrogen) atoms. The van der Waals surface area contributed by atoms with Gasteiger partial charge in [-0.2, -0.15) is 12.6 Å². The van der Waals surface area contributed by atoms with Crippen LogP contribution in [0, 0.1) is 5.92 Å². The van der Waals surface area contributed by atoms with Crippen LogP contribution in [0.25, 0.3) is 0 Å². The largest absolute Gasteiger partial charge is 0.330 e. The fraction of sp³-hybridized carbons (Fsp3) is 1.00. The van der Waals surface area contributed by atoms with E-state index in [4.69, 9.17) is 11.5 Å². The van der Waals surface area contributed by atoms with Gasteiger partial charge in [-0.05, 0) is 12.5 Å². The maximum Gasteiger partial charge on any atom is 0.0515 e. The van der Waals surface area contributed by atoms with Crippen molar-refractivity contribution in [2.75, 3.05) is 6.54 Å². The van der Waals surface area contributed by atoms with E-state index < -0.39 is 0 Å². The fourth-order valence-electron chi connectivity index (χ4n) is 0.139. The van der Waals surface area contributed by atoms with Gasteiger partial charge in [0.1, 0.15) is 0 Å². The van der Waals surface area contributed by atoms with E-state index in [-0.39, 0.29) is 5.37 Å².